The summed E-state index contributed by atoms with van der Waals surface area (Å²) in [4.78, 5) is 13.2. The van der Waals surface area contributed by atoms with Gasteiger partial charge in [-0.1, -0.05) is 11.6 Å². The fraction of sp³-hybridized carbons (Fsp3) is 0.286. The monoisotopic (exact) mass is 386 g/mol. The van der Waals surface area contributed by atoms with Crippen LogP contribution in [-0.2, 0) is 5.41 Å². The average molecular weight is 387 g/mol. The molecule has 6 heteroatoms. The van der Waals surface area contributed by atoms with Crippen molar-refractivity contribution >= 4 is 28.4 Å². The van der Waals surface area contributed by atoms with Crippen LogP contribution in [0.25, 0.3) is 11.0 Å². The van der Waals surface area contributed by atoms with E-state index in [2.05, 4.69) is 0 Å². The first-order valence-corrected chi connectivity index (χ1v) is 9.04. The molecule has 0 aliphatic heterocycles. The summed E-state index contributed by atoms with van der Waals surface area (Å²) in [5, 5.41) is 19.7. The van der Waals surface area contributed by atoms with Crippen molar-refractivity contribution in [1.29, 1.82) is 0 Å². The Bertz CT molecular complexity index is 1050. The van der Waals surface area contributed by atoms with Gasteiger partial charge >= 0.3 is 0 Å². The molecule has 2 N–H and O–H groups in total. The smallest absolute Gasteiger partial charge is 0.197 e. The zero-order valence-corrected chi connectivity index (χ0v) is 15.7. The molecule has 140 valence electrons. The standard InChI is InChI=1S/C21H19ClO5/c1-21(2)16-8-13(26-10-12(24)9-23)4-6-14(16)19(25)18-15-5-3-11(22)7-17(15)27-20(18)21/h3-8,12,23-24H,9-10H2,1-2H3. The first-order valence-electron chi connectivity index (χ1n) is 8.66. The number of halogens is 1. The molecule has 0 bridgehead atoms. The normalized spacial score (nSPS) is 16.1. The minimum absolute atomic E-state index is 0.0297. The van der Waals surface area contributed by atoms with Crippen LogP contribution in [0.3, 0.4) is 0 Å². The lowest BCUT2D eigenvalue weighted by Crippen LogP contribution is -2.29. The molecule has 1 atom stereocenters. The lowest BCUT2D eigenvalue weighted by atomic mass is 9.72. The van der Waals surface area contributed by atoms with Crippen LogP contribution >= 0.6 is 11.6 Å². The summed E-state index contributed by atoms with van der Waals surface area (Å²) in [5.41, 5.74) is 1.99. The van der Waals surface area contributed by atoms with E-state index in [-0.39, 0.29) is 19.0 Å². The lowest BCUT2D eigenvalue weighted by Gasteiger charge is -2.31. The summed E-state index contributed by atoms with van der Waals surface area (Å²) in [7, 11) is 0. The average Bonchev–Trinajstić information content (AvgIpc) is 3.04. The van der Waals surface area contributed by atoms with Crippen LogP contribution in [0.15, 0.2) is 40.8 Å². The van der Waals surface area contributed by atoms with Gasteiger partial charge in [-0.25, -0.2) is 0 Å². The van der Waals surface area contributed by atoms with Crippen molar-refractivity contribution in [1.82, 2.24) is 0 Å². The van der Waals surface area contributed by atoms with E-state index in [1.54, 1.807) is 30.3 Å². The van der Waals surface area contributed by atoms with Crippen LogP contribution < -0.4 is 4.74 Å². The maximum atomic E-state index is 13.2. The number of hydrogen-bond donors (Lipinski definition) is 2. The number of ether oxygens (including phenoxy) is 1. The van der Waals surface area contributed by atoms with Gasteiger partial charge in [0.1, 0.15) is 29.8 Å². The summed E-state index contributed by atoms with van der Waals surface area (Å²) in [6, 6.07) is 10.5. The highest BCUT2D eigenvalue weighted by molar-refractivity contribution is 6.31. The highest BCUT2D eigenvalue weighted by atomic mass is 35.5. The van der Waals surface area contributed by atoms with Crippen molar-refractivity contribution in [3.63, 3.8) is 0 Å². The molecule has 1 unspecified atom stereocenters. The number of aliphatic hydroxyl groups is 2. The molecule has 0 amide bonds. The minimum Gasteiger partial charge on any atom is -0.491 e. The molecular weight excluding hydrogens is 368 g/mol. The molecule has 0 fully saturated rings. The third-order valence-corrected chi connectivity index (χ3v) is 5.24. The topological polar surface area (TPSA) is 79.9 Å². The van der Waals surface area contributed by atoms with Gasteiger partial charge in [-0.3, -0.25) is 4.79 Å². The second-order valence-electron chi connectivity index (χ2n) is 7.26. The largest absolute Gasteiger partial charge is 0.491 e. The van der Waals surface area contributed by atoms with Gasteiger partial charge in [0.05, 0.1) is 12.2 Å². The molecule has 1 aliphatic rings. The second kappa shape index (κ2) is 6.37. The van der Waals surface area contributed by atoms with Crippen molar-refractivity contribution in [2.24, 2.45) is 0 Å². The molecule has 1 aliphatic carbocycles. The Morgan fingerprint density at radius 3 is 2.74 bits per heavy atom. The Labute approximate surface area is 161 Å². The predicted octanol–water partition coefficient (Wildman–Crippen LogP) is 3.69. The second-order valence-corrected chi connectivity index (χ2v) is 7.69. The van der Waals surface area contributed by atoms with Gasteiger partial charge < -0.3 is 19.4 Å². The van der Waals surface area contributed by atoms with Crippen LogP contribution in [0.5, 0.6) is 5.75 Å². The van der Waals surface area contributed by atoms with E-state index < -0.39 is 11.5 Å². The van der Waals surface area contributed by atoms with Gasteiger partial charge in [-0.05, 0) is 49.7 Å². The van der Waals surface area contributed by atoms with E-state index in [1.165, 1.54) is 0 Å². The Balaban J connectivity index is 1.83. The number of hydrogen-bond acceptors (Lipinski definition) is 5. The van der Waals surface area contributed by atoms with Gasteiger partial charge in [0.15, 0.2) is 5.78 Å². The van der Waals surface area contributed by atoms with E-state index >= 15 is 0 Å². The third kappa shape index (κ3) is 2.83. The molecule has 27 heavy (non-hydrogen) atoms. The number of fused-ring (bicyclic) bond motifs is 4. The molecule has 2 aromatic carbocycles. The van der Waals surface area contributed by atoms with Crippen LogP contribution in [-0.4, -0.2) is 35.3 Å². The van der Waals surface area contributed by atoms with Gasteiger partial charge in [0.25, 0.3) is 0 Å². The van der Waals surface area contributed by atoms with Gasteiger partial charge in [0, 0.05) is 27.5 Å². The van der Waals surface area contributed by atoms with E-state index in [9.17, 15) is 9.90 Å². The summed E-state index contributed by atoms with van der Waals surface area (Å²) in [6.45, 7) is 3.58. The number of benzene rings is 2. The third-order valence-electron chi connectivity index (χ3n) is 5.01. The zero-order valence-electron chi connectivity index (χ0n) is 15.0. The summed E-state index contributed by atoms with van der Waals surface area (Å²) in [6.07, 6.45) is -0.956. The molecular formula is C21H19ClO5. The molecule has 0 saturated carbocycles. The first-order chi connectivity index (χ1) is 12.8. The number of ketones is 1. The Morgan fingerprint density at radius 1 is 1.22 bits per heavy atom. The van der Waals surface area contributed by atoms with Crippen molar-refractivity contribution in [2.45, 2.75) is 25.4 Å². The molecule has 0 spiro atoms. The predicted molar refractivity (Wildman–Crippen MR) is 102 cm³/mol. The van der Waals surface area contributed by atoms with Crippen LogP contribution in [0, 0.1) is 0 Å². The Hall–Kier alpha value is -2.34. The SMILES string of the molecule is CC1(C)c2cc(OCC(O)CO)ccc2C(=O)c2c1oc1cc(Cl)ccc21. The first kappa shape index (κ1) is 18.0. The number of carbonyl (C=O) groups is 1. The lowest BCUT2D eigenvalue weighted by molar-refractivity contribution is 0.0535. The van der Waals surface area contributed by atoms with Gasteiger partial charge in [0.2, 0.25) is 0 Å². The highest BCUT2D eigenvalue weighted by Gasteiger charge is 2.41. The van der Waals surface area contributed by atoms with Gasteiger partial charge in [-0.2, -0.15) is 0 Å². The molecule has 0 saturated heterocycles. The minimum atomic E-state index is -0.956. The van der Waals surface area contributed by atoms with E-state index in [1.807, 2.05) is 19.9 Å². The van der Waals surface area contributed by atoms with E-state index in [0.29, 0.717) is 33.2 Å². The molecule has 1 heterocycles. The Morgan fingerprint density at radius 2 is 2.00 bits per heavy atom. The van der Waals surface area contributed by atoms with Crippen LogP contribution in [0.1, 0.15) is 41.1 Å². The number of aliphatic hydroxyl groups excluding tert-OH is 2. The highest BCUT2D eigenvalue weighted by Crippen LogP contribution is 2.46. The fourth-order valence-corrected chi connectivity index (χ4v) is 3.73. The molecule has 5 nitrogen and oxygen atoms in total. The van der Waals surface area contributed by atoms with E-state index in [0.717, 1.165) is 10.9 Å². The maximum Gasteiger partial charge on any atom is 0.197 e. The number of furan rings is 1. The fourth-order valence-electron chi connectivity index (χ4n) is 3.57. The molecule has 3 aromatic rings. The van der Waals surface area contributed by atoms with Crippen LogP contribution in [0.2, 0.25) is 5.02 Å². The van der Waals surface area contributed by atoms with Crippen molar-refractivity contribution in [3.05, 3.63) is 63.9 Å². The van der Waals surface area contributed by atoms with Crippen molar-refractivity contribution < 1.29 is 24.2 Å². The van der Waals surface area contributed by atoms with Crippen molar-refractivity contribution in [2.75, 3.05) is 13.2 Å². The zero-order chi connectivity index (χ0) is 19.3. The van der Waals surface area contributed by atoms with Crippen LogP contribution in [0.4, 0.5) is 0 Å². The van der Waals surface area contributed by atoms with Gasteiger partial charge in [-0.15, -0.1) is 0 Å². The molecule has 0 radical (unpaired) electrons. The number of rotatable bonds is 4. The van der Waals surface area contributed by atoms with Crippen molar-refractivity contribution in [3.8, 4) is 5.75 Å². The molecule has 4 rings (SSSR count). The maximum absolute atomic E-state index is 13.2. The number of carbonyl (C=O) groups excluding carboxylic acids is 1. The summed E-state index contributed by atoms with van der Waals surface area (Å²) < 4.78 is 11.6. The Kier molecular flexibility index (Phi) is 4.26. The molecule has 1 aromatic heterocycles. The quantitative estimate of drug-likeness (QED) is 0.714. The van der Waals surface area contributed by atoms with E-state index in [4.69, 9.17) is 25.9 Å². The summed E-state index contributed by atoms with van der Waals surface area (Å²) in [5.74, 6) is 1.02. The summed E-state index contributed by atoms with van der Waals surface area (Å²) >= 11 is 6.07.